The van der Waals surface area contributed by atoms with E-state index >= 15 is 0 Å². The van der Waals surface area contributed by atoms with E-state index in [2.05, 4.69) is 17.3 Å². The van der Waals surface area contributed by atoms with Crippen molar-refractivity contribution < 1.29 is 9.47 Å². The number of nitrogens with zero attached hydrogens (tertiary/aromatic N) is 2. The molecule has 1 aromatic carbocycles. The molecule has 0 spiro atoms. The van der Waals surface area contributed by atoms with Crippen LogP contribution in [0.25, 0.3) is 0 Å². The van der Waals surface area contributed by atoms with Crippen molar-refractivity contribution in [2.24, 2.45) is 0 Å². The number of hydrogen-bond donors (Lipinski definition) is 2. The highest BCUT2D eigenvalue weighted by Gasteiger charge is 2.11. The Hall–Kier alpha value is -2.37. The maximum Gasteiger partial charge on any atom is 0.162 e. The molecule has 0 fully saturated rings. The van der Waals surface area contributed by atoms with Crippen LogP contribution in [0.4, 0.5) is 11.4 Å². The van der Waals surface area contributed by atoms with E-state index in [-0.39, 0.29) is 6.04 Å². The van der Waals surface area contributed by atoms with Gasteiger partial charge in [-0.05, 0) is 13.0 Å². The standard InChI is InChI=1S/C14H20N4O2/c1-10(9-18-6-4-5-16-18)17-12-8-14(20-3)13(19-2)7-11(12)15/h4-8,10,17H,9,15H2,1-3H3. The molecular weight excluding hydrogens is 256 g/mol. The van der Waals surface area contributed by atoms with Gasteiger partial charge in [-0.15, -0.1) is 0 Å². The van der Waals surface area contributed by atoms with Crippen LogP contribution >= 0.6 is 0 Å². The predicted molar refractivity (Wildman–Crippen MR) is 79.3 cm³/mol. The van der Waals surface area contributed by atoms with Crippen molar-refractivity contribution in [2.75, 3.05) is 25.3 Å². The first-order valence-electron chi connectivity index (χ1n) is 6.39. The number of benzene rings is 1. The summed E-state index contributed by atoms with van der Waals surface area (Å²) in [5.74, 6) is 1.27. The third-order valence-corrected chi connectivity index (χ3v) is 2.98. The molecule has 0 amide bonds. The number of rotatable bonds is 6. The largest absolute Gasteiger partial charge is 0.493 e. The van der Waals surface area contributed by atoms with Gasteiger partial charge in [0.15, 0.2) is 11.5 Å². The van der Waals surface area contributed by atoms with Crippen LogP contribution in [-0.2, 0) is 6.54 Å². The third-order valence-electron chi connectivity index (χ3n) is 2.98. The number of ether oxygens (including phenoxy) is 2. The second-order valence-corrected chi connectivity index (χ2v) is 4.57. The summed E-state index contributed by atoms with van der Waals surface area (Å²) in [5.41, 5.74) is 7.46. The van der Waals surface area contributed by atoms with E-state index in [4.69, 9.17) is 15.2 Å². The summed E-state index contributed by atoms with van der Waals surface area (Å²) in [6, 6.07) is 5.67. The maximum absolute atomic E-state index is 6.02. The van der Waals surface area contributed by atoms with E-state index < -0.39 is 0 Å². The SMILES string of the molecule is COc1cc(N)c(NC(C)Cn2cccn2)cc1OC. The molecule has 6 nitrogen and oxygen atoms in total. The smallest absolute Gasteiger partial charge is 0.162 e. The van der Waals surface area contributed by atoms with Crippen molar-refractivity contribution in [3.8, 4) is 11.5 Å². The predicted octanol–water partition coefficient (Wildman–Crippen LogP) is 1.98. The Morgan fingerprint density at radius 1 is 1.30 bits per heavy atom. The van der Waals surface area contributed by atoms with Crippen LogP contribution in [0.15, 0.2) is 30.6 Å². The molecule has 1 heterocycles. The van der Waals surface area contributed by atoms with Crippen molar-refractivity contribution in [2.45, 2.75) is 19.5 Å². The molecule has 2 aromatic rings. The van der Waals surface area contributed by atoms with Crippen molar-refractivity contribution in [3.05, 3.63) is 30.6 Å². The van der Waals surface area contributed by atoms with Crippen LogP contribution in [0, 0.1) is 0 Å². The van der Waals surface area contributed by atoms with Gasteiger partial charge in [-0.2, -0.15) is 5.10 Å². The summed E-state index contributed by atoms with van der Waals surface area (Å²) >= 11 is 0. The van der Waals surface area contributed by atoms with Crippen LogP contribution in [-0.4, -0.2) is 30.0 Å². The zero-order valence-corrected chi connectivity index (χ0v) is 12.0. The molecule has 0 aliphatic carbocycles. The summed E-state index contributed by atoms with van der Waals surface area (Å²) in [5, 5.41) is 7.54. The third kappa shape index (κ3) is 3.14. The van der Waals surface area contributed by atoms with Gasteiger partial charge in [0.25, 0.3) is 0 Å². The molecule has 108 valence electrons. The van der Waals surface area contributed by atoms with Gasteiger partial charge in [-0.1, -0.05) is 0 Å². The van der Waals surface area contributed by atoms with E-state index in [0.717, 1.165) is 12.2 Å². The number of nitrogen functional groups attached to an aromatic ring is 1. The second-order valence-electron chi connectivity index (χ2n) is 4.57. The molecule has 1 unspecified atom stereocenters. The molecule has 2 rings (SSSR count). The Labute approximate surface area is 118 Å². The van der Waals surface area contributed by atoms with Crippen LogP contribution in [0.2, 0.25) is 0 Å². The van der Waals surface area contributed by atoms with Crippen LogP contribution < -0.4 is 20.5 Å². The highest BCUT2D eigenvalue weighted by Crippen LogP contribution is 2.35. The minimum atomic E-state index is 0.176. The highest BCUT2D eigenvalue weighted by atomic mass is 16.5. The fourth-order valence-electron chi connectivity index (χ4n) is 2.02. The highest BCUT2D eigenvalue weighted by molar-refractivity contribution is 5.72. The maximum atomic E-state index is 6.02. The van der Waals surface area contributed by atoms with Gasteiger partial charge < -0.3 is 20.5 Å². The number of anilines is 2. The summed E-state index contributed by atoms with van der Waals surface area (Å²) in [6.45, 7) is 2.82. The Balaban J connectivity index is 2.12. The van der Waals surface area contributed by atoms with E-state index in [1.807, 2.05) is 23.0 Å². The van der Waals surface area contributed by atoms with Crippen molar-refractivity contribution in [3.63, 3.8) is 0 Å². The summed E-state index contributed by atoms with van der Waals surface area (Å²) < 4.78 is 12.4. The first-order valence-corrected chi connectivity index (χ1v) is 6.39. The van der Waals surface area contributed by atoms with Gasteiger partial charge in [0.05, 0.1) is 32.1 Å². The van der Waals surface area contributed by atoms with Gasteiger partial charge in [-0.3, -0.25) is 4.68 Å². The lowest BCUT2D eigenvalue weighted by Crippen LogP contribution is -2.22. The number of nitrogens with one attached hydrogen (secondary N) is 1. The van der Waals surface area contributed by atoms with Gasteiger partial charge in [0.2, 0.25) is 0 Å². The normalized spacial score (nSPS) is 11.9. The molecule has 1 atom stereocenters. The zero-order valence-electron chi connectivity index (χ0n) is 12.0. The van der Waals surface area contributed by atoms with Gasteiger partial charge in [0, 0.05) is 30.6 Å². The molecular formula is C14H20N4O2. The lowest BCUT2D eigenvalue weighted by molar-refractivity contribution is 0.355. The Morgan fingerprint density at radius 3 is 2.60 bits per heavy atom. The van der Waals surface area contributed by atoms with Crippen LogP contribution in [0.5, 0.6) is 11.5 Å². The lowest BCUT2D eigenvalue weighted by Gasteiger charge is -2.18. The minimum Gasteiger partial charge on any atom is -0.493 e. The average Bonchev–Trinajstić information content (AvgIpc) is 2.93. The van der Waals surface area contributed by atoms with Crippen LogP contribution in [0.3, 0.4) is 0 Å². The number of aromatic nitrogens is 2. The Bertz CT molecular complexity index is 555. The number of nitrogens with two attached hydrogens (primary N) is 1. The van der Waals surface area contributed by atoms with Gasteiger partial charge in [-0.25, -0.2) is 0 Å². The van der Waals surface area contributed by atoms with Gasteiger partial charge in [0.1, 0.15) is 0 Å². The molecule has 3 N–H and O–H groups in total. The molecule has 20 heavy (non-hydrogen) atoms. The average molecular weight is 276 g/mol. The van der Waals surface area contributed by atoms with Crippen molar-refractivity contribution in [1.29, 1.82) is 0 Å². The molecule has 0 saturated carbocycles. The number of methoxy groups -OCH3 is 2. The first-order chi connectivity index (χ1) is 9.63. The topological polar surface area (TPSA) is 74.3 Å². The Kier molecular flexibility index (Phi) is 4.34. The Morgan fingerprint density at radius 2 is 2.00 bits per heavy atom. The minimum absolute atomic E-state index is 0.176. The van der Waals surface area contributed by atoms with Crippen LogP contribution in [0.1, 0.15) is 6.92 Å². The van der Waals surface area contributed by atoms with Crippen molar-refractivity contribution >= 4 is 11.4 Å². The molecule has 0 radical (unpaired) electrons. The molecule has 0 saturated heterocycles. The molecule has 0 aliphatic rings. The second kappa shape index (κ2) is 6.18. The monoisotopic (exact) mass is 276 g/mol. The molecule has 6 heteroatoms. The zero-order chi connectivity index (χ0) is 14.5. The van der Waals surface area contributed by atoms with E-state index in [1.165, 1.54) is 0 Å². The molecule has 0 aliphatic heterocycles. The first kappa shape index (κ1) is 14.0. The number of hydrogen-bond acceptors (Lipinski definition) is 5. The fraction of sp³-hybridized carbons (Fsp3) is 0.357. The fourth-order valence-corrected chi connectivity index (χ4v) is 2.02. The van der Waals surface area contributed by atoms with E-state index in [9.17, 15) is 0 Å². The van der Waals surface area contributed by atoms with Crippen molar-refractivity contribution in [1.82, 2.24) is 9.78 Å². The van der Waals surface area contributed by atoms with E-state index in [0.29, 0.717) is 17.2 Å². The molecule has 1 aromatic heterocycles. The quantitative estimate of drug-likeness (QED) is 0.789. The van der Waals surface area contributed by atoms with E-state index in [1.54, 1.807) is 26.5 Å². The van der Waals surface area contributed by atoms with Gasteiger partial charge >= 0.3 is 0 Å². The summed E-state index contributed by atoms with van der Waals surface area (Å²) in [7, 11) is 3.19. The lowest BCUT2D eigenvalue weighted by atomic mass is 10.2. The summed E-state index contributed by atoms with van der Waals surface area (Å²) in [6.07, 6.45) is 3.69. The molecule has 0 bridgehead atoms. The summed E-state index contributed by atoms with van der Waals surface area (Å²) in [4.78, 5) is 0.